The summed E-state index contributed by atoms with van der Waals surface area (Å²) in [4.78, 5) is 11.3. The van der Waals surface area contributed by atoms with Crippen LogP contribution in [0.2, 0.25) is 0 Å². The molecule has 3 nitrogen and oxygen atoms in total. The van der Waals surface area contributed by atoms with Crippen LogP contribution < -0.4 is 5.73 Å². The van der Waals surface area contributed by atoms with Crippen LogP contribution in [0.1, 0.15) is 10.4 Å². The fourth-order valence-electron chi connectivity index (χ4n) is 0.844. The quantitative estimate of drug-likeness (QED) is 0.580. The van der Waals surface area contributed by atoms with Crippen molar-refractivity contribution < 1.29 is 9.53 Å². The molecule has 1 aromatic carbocycles. The van der Waals surface area contributed by atoms with Crippen LogP contribution >= 0.6 is 12.2 Å². The molecule has 0 heterocycles. The highest BCUT2D eigenvalue weighted by atomic mass is 32.1. The first kappa shape index (κ1) is 9.67. The van der Waals surface area contributed by atoms with E-state index in [0.717, 1.165) is 0 Å². The molecule has 0 aliphatic heterocycles. The number of hydrogen-bond acceptors (Lipinski definition) is 3. The molecule has 13 heavy (non-hydrogen) atoms. The fraction of sp³-hybridized carbons (Fsp3) is 0.111. The number of thiocarbonyl (C=S) groups is 1. The summed E-state index contributed by atoms with van der Waals surface area (Å²) in [5.41, 5.74) is 5.67. The molecule has 68 valence electrons. The van der Waals surface area contributed by atoms with Gasteiger partial charge in [-0.1, -0.05) is 30.3 Å². The van der Waals surface area contributed by atoms with Gasteiger partial charge in [-0.05, 0) is 12.2 Å². The molecule has 0 radical (unpaired) electrons. The number of ketones is 1. The van der Waals surface area contributed by atoms with Crippen LogP contribution in [-0.2, 0) is 4.74 Å². The molecule has 0 bridgehead atoms. The summed E-state index contributed by atoms with van der Waals surface area (Å²) in [6, 6.07) is 8.84. The summed E-state index contributed by atoms with van der Waals surface area (Å²) < 4.78 is 4.72. The lowest BCUT2D eigenvalue weighted by Gasteiger charge is -2.01. The number of nitrogens with two attached hydrogens (primary N) is 1. The lowest BCUT2D eigenvalue weighted by Crippen LogP contribution is -2.18. The Morgan fingerprint density at radius 1 is 1.38 bits per heavy atom. The zero-order valence-electron chi connectivity index (χ0n) is 6.90. The van der Waals surface area contributed by atoms with E-state index >= 15 is 0 Å². The van der Waals surface area contributed by atoms with Gasteiger partial charge >= 0.3 is 0 Å². The summed E-state index contributed by atoms with van der Waals surface area (Å²) in [5, 5.41) is -0.107. The highest BCUT2D eigenvalue weighted by Crippen LogP contribution is 1.99. The van der Waals surface area contributed by atoms with E-state index in [1.54, 1.807) is 24.3 Å². The minimum Gasteiger partial charge on any atom is -0.463 e. The van der Waals surface area contributed by atoms with Gasteiger partial charge in [-0.15, -0.1) is 0 Å². The number of Topliss-reactive ketones (excluding diaryl/α,β-unsaturated/α-hetero) is 1. The van der Waals surface area contributed by atoms with Crippen molar-refractivity contribution in [2.24, 2.45) is 5.73 Å². The van der Waals surface area contributed by atoms with Gasteiger partial charge < -0.3 is 10.5 Å². The molecule has 0 fully saturated rings. The minimum absolute atomic E-state index is 0.0979. The van der Waals surface area contributed by atoms with Crippen molar-refractivity contribution in [2.45, 2.75) is 0 Å². The number of benzene rings is 1. The molecule has 0 atom stereocenters. The van der Waals surface area contributed by atoms with Crippen LogP contribution in [0, 0.1) is 0 Å². The molecular formula is C9H9NO2S. The Morgan fingerprint density at radius 3 is 2.54 bits per heavy atom. The van der Waals surface area contributed by atoms with Gasteiger partial charge in [0.1, 0.15) is 0 Å². The second kappa shape index (κ2) is 4.57. The predicted molar refractivity (Wildman–Crippen MR) is 53.5 cm³/mol. The molecule has 0 unspecified atom stereocenters. The molecule has 1 rings (SSSR count). The van der Waals surface area contributed by atoms with Gasteiger partial charge in [0, 0.05) is 5.56 Å². The molecule has 0 aromatic heterocycles. The molecule has 0 amide bonds. The van der Waals surface area contributed by atoms with E-state index < -0.39 is 0 Å². The Bertz CT molecular complexity index is 311. The third-order valence-corrected chi connectivity index (χ3v) is 1.56. The van der Waals surface area contributed by atoms with Crippen molar-refractivity contribution in [2.75, 3.05) is 6.61 Å². The number of hydrogen-bond donors (Lipinski definition) is 1. The molecule has 2 N–H and O–H groups in total. The highest BCUT2D eigenvalue weighted by molar-refractivity contribution is 7.80. The first-order valence-corrected chi connectivity index (χ1v) is 4.11. The van der Waals surface area contributed by atoms with Crippen LogP contribution in [0.15, 0.2) is 30.3 Å². The van der Waals surface area contributed by atoms with E-state index in [1.165, 1.54) is 0 Å². The van der Waals surface area contributed by atoms with E-state index in [4.69, 9.17) is 10.5 Å². The van der Waals surface area contributed by atoms with Gasteiger partial charge in [0.25, 0.3) is 5.17 Å². The van der Waals surface area contributed by atoms with Crippen LogP contribution in [0.5, 0.6) is 0 Å². The molecule has 4 heteroatoms. The van der Waals surface area contributed by atoms with Crippen molar-refractivity contribution in [3.05, 3.63) is 35.9 Å². The summed E-state index contributed by atoms with van der Waals surface area (Å²) in [5.74, 6) is -0.131. The van der Waals surface area contributed by atoms with E-state index in [1.807, 2.05) is 6.07 Å². The third kappa shape index (κ3) is 3.21. The minimum atomic E-state index is -0.131. The Hall–Kier alpha value is -1.42. The number of ether oxygens (including phenoxy) is 1. The van der Waals surface area contributed by atoms with Crippen molar-refractivity contribution in [1.82, 2.24) is 0 Å². The van der Waals surface area contributed by atoms with Crippen molar-refractivity contribution in [3.63, 3.8) is 0 Å². The summed E-state index contributed by atoms with van der Waals surface area (Å²) in [6.07, 6.45) is 0. The topological polar surface area (TPSA) is 52.3 Å². The Morgan fingerprint density at radius 2 is 2.00 bits per heavy atom. The first-order chi connectivity index (χ1) is 6.20. The van der Waals surface area contributed by atoms with E-state index in [9.17, 15) is 4.79 Å². The monoisotopic (exact) mass is 195 g/mol. The van der Waals surface area contributed by atoms with Crippen LogP contribution in [0.25, 0.3) is 0 Å². The molecular weight excluding hydrogens is 186 g/mol. The Balaban J connectivity index is 2.54. The maximum Gasteiger partial charge on any atom is 0.254 e. The average molecular weight is 195 g/mol. The summed E-state index contributed by atoms with van der Waals surface area (Å²) >= 11 is 4.47. The van der Waals surface area contributed by atoms with Crippen LogP contribution in [0.4, 0.5) is 0 Å². The summed E-state index contributed by atoms with van der Waals surface area (Å²) in [6.45, 7) is -0.0979. The number of carbonyl (C=O) groups is 1. The van der Waals surface area contributed by atoms with Crippen LogP contribution in [-0.4, -0.2) is 17.6 Å². The average Bonchev–Trinajstić information content (AvgIpc) is 2.15. The highest BCUT2D eigenvalue weighted by Gasteiger charge is 2.04. The van der Waals surface area contributed by atoms with Gasteiger partial charge in [0.2, 0.25) is 0 Å². The standard InChI is InChI=1S/C9H9NO2S/c10-9(13)12-6-8(11)7-4-2-1-3-5-7/h1-5H,6H2,(H2,10,13). The Kier molecular flexibility index (Phi) is 3.40. The van der Waals surface area contributed by atoms with Gasteiger partial charge in [0.15, 0.2) is 12.4 Å². The Labute approximate surface area is 81.5 Å². The van der Waals surface area contributed by atoms with Crippen molar-refractivity contribution in [3.8, 4) is 0 Å². The van der Waals surface area contributed by atoms with E-state index in [2.05, 4.69) is 12.2 Å². The number of carbonyl (C=O) groups excluding carboxylic acids is 1. The van der Waals surface area contributed by atoms with Gasteiger partial charge in [-0.2, -0.15) is 0 Å². The molecule has 0 saturated heterocycles. The van der Waals surface area contributed by atoms with Crippen molar-refractivity contribution >= 4 is 23.2 Å². The van der Waals surface area contributed by atoms with Gasteiger partial charge in [0.05, 0.1) is 0 Å². The zero-order chi connectivity index (χ0) is 9.68. The zero-order valence-corrected chi connectivity index (χ0v) is 7.71. The largest absolute Gasteiger partial charge is 0.463 e. The fourth-order valence-corrected chi connectivity index (χ4v) is 0.903. The van der Waals surface area contributed by atoms with Gasteiger partial charge in [-0.25, -0.2) is 0 Å². The predicted octanol–water partition coefficient (Wildman–Crippen LogP) is 1.13. The third-order valence-electron chi connectivity index (χ3n) is 1.44. The smallest absolute Gasteiger partial charge is 0.254 e. The second-order valence-corrected chi connectivity index (χ2v) is 2.80. The first-order valence-electron chi connectivity index (χ1n) is 3.70. The molecule has 0 aliphatic carbocycles. The SMILES string of the molecule is NC(=S)OCC(=O)c1ccccc1. The van der Waals surface area contributed by atoms with Crippen molar-refractivity contribution in [1.29, 1.82) is 0 Å². The molecule has 0 saturated carbocycles. The maximum absolute atomic E-state index is 11.3. The molecule has 0 aliphatic rings. The van der Waals surface area contributed by atoms with Gasteiger partial charge in [-0.3, -0.25) is 4.79 Å². The maximum atomic E-state index is 11.3. The van der Waals surface area contributed by atoms with Crippen LogP contribution in [0.3, 0.4) is 0 Å². The number of rotatable bonds is 3. The molecule has 0 spiro atoms. The van der Waals surface area contributed by atoms with E-state index in [0.29, 0.717) is 5.56 Å². The second-order valence-electron chi connectivity index (χ2n) is 2.40. The summed E-state index contributed by atoms with van der Waals surface area (Å²) in [7, 11) is 0. The lowest BCUT2D eigenvalue weighted by molar-refractivity contribution is 0.0915. The molecule has 1 aromatic rings. The normalized spacial score (nSPS) is 9.23. The lowest BCUT2D eigenvalue weighted by atomic mass is 10.1. The van der Waals surface area contributed by atoms with E-state index in [-0.39, 0.29) is 17.6 Å².